The summed E-state index contributed by atoms with van der Waals surface area (Å²) in [4.78, 5) is 9.59. The fraction of sp³-hybridized carbons (Fsp3) is 0.706. The highest BCUT2D eigenvalue weighted by Crippen LogP contribution is 2.31. The number of nitrogens with zero attached hydrogens (tertiary/aromatic N) is 6. The van der Waals surface area contributed by atoms with Crippen LogP contribution in [-0.4, -0.2) is 50.2 Å². The van der Waals surface area contributed by atoms with E-state index in [4.69, 9.17) is 0 Å². The van der Waals surface area contributed by atoms with Gasteiger partial charge >= 0.3 is 0 Å². The van der Waals surface area contributed by atoms with E-state index in [0.29, 0.717) is 6.04 Å². The van der Waals surface area contributed by atoms with Gasteiger partial charge in [0.15, 0.2) is 0 Å². The number of rotatable bonds is 5. The third-order valence-corrected chi connectivity index (χ3v) is 5.96. The molecule has 1 aliphatic carbocycles. The van der Waals surface area contributed by atoms with E-state index < -0.39 is 0 Å². The Morgan fingerprint density at radius 1 is 1.17 bits per heavy atom. The molecule has 0 unspecified atom stereocenters. The second kappa shape index (κ2) is 7.19. The second-order valence-electron chi connectivity index (χ2n) is 6.88. The van der Waals surface area contributed by atoms with Crippen molar-refractivity contribution in [3.05, 3.63) is 23.8 Å². The molecule has 2 fully saturated rings. The van der Waals surface area contributed by atoms with Crippen LogP contribution in [0.2, 0.25) is 0 Å². The Morgan fingerprint density at radius 3 is 2.83 bits per heavy atom. The Morgan fingerprint density at radius 2 is 2.08 bits per heavy atom. The van der Waals surface area contributed by atoms with E-state index in [0.717, 1.165) is 50.1 Å². The van der Waals surface area contributed by atoms with E-state index in [-0.39, 0.29) is 0 Å². The molecule has 0 aromatic carbocycles. The van der Waals surface area contributed by atoms with Crippen LogP contribution in [-0.2, 0) is 13.0 Å². The van der Waals surface area contributed by atoms with Gasteiger partial charge in [0, 0.05) is 62.4 Å². The molecule has 24 heavy (non-hydrogen) atoms. The monoisotopic (exact) mass is 346 g/mol. The van der Waals surface area contributed by atoms with Gasteiger partial charge in [-0.1, -0.05) is 6.92 Å². The normalized spacial score (nSPS) is 20.1. The molecule has 4 rings (SSSR count). The number of aromatic nitrogens is 4. The molecule has 1 aliphatic heterocycles. The smallest absolute Gasteiger partial charge is 0.205 e. The summed E-state index contributed by atoms with van der Waals surface area (Å²) in [5.74, 6) is 0.972. The van der Waals surface area contributed by atoms with Crippen LogP contribution in [0.4, 0.5) is 5.13 Å². The molecular formula is C17H26N6S. The van der Waals surface area contributed by atoms with Crippen LogP contribution in [0.15, 0.2) is 12.4 Å². The Bertz CT molecular complexity index is 662. The minimum atomic E-state index is 0.656. The summed E-state index contributed by atoms with van der Waals surface area (Å²) in [5.41, 5.74) is 1.35. The predicted molar refractivity (Wildman–Crippen MR) is 96.5 cm³/mol. The summed E-state index contributed by atoms with van der Waals surface area (Å²) in [6.07, 6.45) is 10.3. The molecule has 1 saturated carbocycles. The van der Waals surface area contributed by atoms with Crippen LogP contribution in [0.5, 0.6) is 0 Å². The van der Waals surface area contributed by atoms with Gasteiger partial charge in [-0.15, -0.1) is 0 Å². The maximum absolute atomic E-state index is 4.64. The van der Waals surface area contributed by atoms with Gasteiger partial charge in [0.1, 0.15) is 5.82 Å². The summed E-state index contributed by atoms with van der Waals surface area (Å²) in [5, 5.41) is 5.65. The first-order valence-electron chi connectivity index (χ1n) is 9.14. The third-order valence-electron chi connectivity index (χ3n) is 5.14. The van der Waals surface area contributed by atoms with Crippen molar-refractivity contribution in [2.45, 2.75) is 51.6 Å². The molecule has 3 heterocycles. The second-order valence-corrected chi connectivity index (χ2v) is 7.61. The largest absolute Gasteiger partial charge is 0.346 e. The molecule has 0 N–H and O–H groups in total. The van der Waals surface area contributed by atoms with Gasteiger partial charge in [-0.05, 0) is 25.7 Å². The lowest BCUT2D eigenvalue weighted by atomic mass is 9.93. The third kappa shape index (κ3) is 3.47. The quantitative estimate of drug-likeness (QED) is 0.833. The van der Waals surface area contributed by atoms with Gasteiger partial charge < -0.3 is 4.90 Å². The Labute approximate surface area is 147 Å². The molecule has 2 aromatic rings. The van der Waals surface area contributed by atoms with E-state index >= 15 is 0 Å². The van der Waals surface area contributed by atoms with Crippen LogP contribution >= 0.6 is 11.5 Å². The van der Waals surface area contributed by atoms with Crippen molar-refractivity contribution in [1.82, 2.24) is 24.0 Å². The minimum absolute atomic E-state index is 0.656. The highest BCUT2D eigenvalue weighted by Gasteiger charge is 2.21. The Balaban J connectivity index is 1.33. The van der Waals surface area contributed by atoms with Crippen molar-refractivity contribution in [2.24, 2.45) is 0 Å². The van der Waals surface area contributed by atoms with Gasteiger partial charge in [0.2, 0.25) is 5.13 Å². The van der Waals surface area contributed by atoms with Gasteiger partial charge in [0.05, 0.1) is 12.2 Å². The standard InChI is InChI=1S/C17H26N6S/c1-2-16-19-17(24-20-16)22-8-4-7-21(9-10-22)12-14-11-18-23(13-14)15-5-3-6-15/h11,13,15H,2-10,12H2,1H3. The number of aryl methyl sites for hydroxylation is 1. The molecule has 0 bridgehead atoms. The maximum atomic E-state index is 4.64. The van der Waals surface area contributed by atoms with E-state index in [1.54, 1.807) is 11.5 Å². The summed E-state index contributed by atoms with van der Waals surface area (Å²) >= 11 is 1.54. The average Bonchev–Trinajstić information content (AvgIpc) is 3.12. The highest BCUT2D eigenvalue weighted by atomic mass is 32.1. The molecule has 0 amide bonds. The number of anilines is 1. The average molecular weight is 347 g/mol. The fourth-order valence-corrected chi connectivity index (χ4v) is 4.21. The molecule has 0 atom stereocenters. The lowest BCUT2D eigenvalue weighted by molar-refractivity contribution is 0.280. The van der Waals surface area contributed by atoms with Crippen molar-refractivity contribution in [3.63, 3.8) is 0 Å². The SMILES string of the molecule is CCc1nsc(N2CCCN(Cc3cnn(C4CCC4)c3)CC2)n1. The molecular weight excluding hydrogens is 320 g/mol. The maximum Gasteiger partial charge on any atom is 0.205 e. The molecule has 1 saturated heterocycles. The zero-order chi connectivity index (χ0) is 16.4. The van der Waals surface area contributed by atoms with Crippen molar-refractivity contribution < 1.29 is 0 Å². The minimum Gasteiger partial charge on any atom is -0.346 e. The van der Waals surface area contributed by atoms with Crippen LogP contribution in [0.1, 0.15) is 50.0 Å². The first kappa shape index (κ1) is 16.0. The summed E-state index contributed by atoms with van der Waals surface area (Å²) in [7, 11) is 0. The lowest BCUT2D eigenvalue weighted by Gasteiger charge is -2.25. The zero-order valence-corrected chi connectivity index (χ0v) is 15.2. The van der Waals surface area contributed by atoms with Gasteiger partial charge in [-0.3, -0.25) is 9.58 Å². The molecule has 2 aromatic heterocycles. The van der Waals surface area contributed by atoms with Gasteiger partial charge in [-0.25, -0.2) is 4.98 Å². The predicted octanol–water partition coefficient (Wildman–Crippen LogP) is 2.73. The van der Waals surface area contributed by atoms with Gasteiger partial charge in [0.25, 0.3) is 0 Å². The van der Waals surface area contributed by atoms with Crippen LogP contribution in [0, 0.1) is 0 Å². The lowest BCUT2D eigenvalue weighted by Crippen LogP contribution is -2.30. The highest BCUT2D eigenvalue weighted by molar-refractivity contribution is 7.09. The molecule has 130 valence electrons. The van der Waals surface area contributed by atoms with E-state index in [1.807, 2.05) is 0 Å². The van der Waals surface area contributed by atoms with E-state index in [1.165, 1.54) is 31.2 Å². The Hall–Kier alpha value is -1.47. The number of hydrogen-bond donors (Lipinski definition) is 0. The molecule has 0 radical (unpaired) electrons. The molecule has 7 heteroatoms. The van der Waals surface area contributed by atoms with Crippen LogP contribution in [0.25, 0.3) is 0 Å². The first-order chi connectivity index (χ1) is 11.8. The molecule has 2 aliphatic rings. The van der Waals surface area contributed by atoms with E-state index in [2.05, 4.69) is 48.3 Å². The van der Waals surface area contributed by atoms with Crippen molar-refractivity contribution >= 4 is 16.7 Å². The topological polar surface area (TPSA) is 50.1 Å². The van der Waals surface area contributed by atoms with E-state index in [9.17, 15) is 0 Å². The van der Waals surface area contributed by atoms with Crippen LogP contribution < -0.4 is 4.90 Å². The number of hydrogen-bond acceptors (Lipinski definition) is 6. The summed E-state index contributed by atoms with van der Waals surface area (Å²) in [6, 6.07) is 0.656. The summed E-state index contributed by atoms with van der Waals surface area (Å²) < 4.78 is 6.60. The molecule has 0 spiro atoms. The molecule has 6 nitrogen and oxygen atoms in total. The Kier molecular flexibility index (Phi) is 4.80. The van der Waals surface area contributed by atoms with Crippen molar-refractivity contribution in [2.75, 3.05) is 31.1 Å². The fourth-order valence-electron chi connectivity index (χ4n) is 3.41. The van der Waals surface area contributed by atoms with Crippen LogP contribution in [0.3, 0.4) is 0 Å². The van der Waals surface area contributed by atoms with Crippen molar-refractivity contribution in [3.8, 4) is 0 Å². The summed E-state index contributed by atoms with van der Waals surface area (Å²) in [6.45, 7) is 7.46. The van der Waals surface area contributed by atoms with Crippen molar-refractivity contribution in [1.29, 1.82) is 0 Å². The first-order valence-corrected chi connectivity index (χ1v) is 9.92. The van der Waals surface area contributed by atoms with Gasteiger partial charge in [-0.2, -0.15) is 9.47 Å². The zero-order valence-electron chi connectivity index (χ0n) is 14.4.